The van der Waals surface area contributed by atoms with Crippen LogP contribution in [0.15, 0.2) is 29.9 Å². The van der Waals surface area contributed by atoms with Crippen molar-refractivity contribution in [2.45, 2.75) is 26.3 Å². The summed E-state index contributed by atoms with van der Waals surface area (Å²) in [5.41, 5.74) is 1.43. The lowest BCUT2D eigenvalue weighted by Crippen LogP contribution is -2.47. The molecule has 2 N–H and O–H groups in total. The summed E-state index contributed by atoms with van der Waals surface area (Å²) >= 11 is 1.40. The Morgan fingerprint density at radius 1 is 1.38 bits per heavy atom. The van der Waals surface area contributed by atoms with Crippen LogP contribution in [0.25, 0.3) is 10.6 Å². The predicted octanol–water partition coefficient (Wildman–Crippen LogP) is 1.19. The second kappa shape index (κ2) is 9.04. The van der Waals surface area contributed by atoms with Crippen LogP contribution in [0.5, 0.6) is 0 Å². The highest BCUT2D eigenvalue weighted by Crippen LogP contribution is 2.23. The van der Waals surface area contributed by atoms with E-state index in [0.717, 1.165) is 10.6 Å². The molecule has 2 rings (SSSR count). The number of aliphatic carboxylic acids is 1. The molecule has 2 aromatic heterocycles. The van der Waals surface area contributed by atoms with Gasteiger partial charge in [-0.2, -0.15) is 0 Å². The molecule has 0 spiro atoms. The van der Waals surface area contributed by atoms with E-state index in [1.165, 1.54) is 30.1 Å². The highest BCUT2D eigenvalue weighted by Gasteiger charge is 2.25. The van der Waals surface area contributed by atoms with Gasteiger partial charge in [-0.25, -0.2) is 9.78 Å². The first-order chi connectivity index (χ1) is 12.4. The molecular formula is C17H20N4O4S. The van der Waals surface area contributed by atoms with Gasteiger partial charge in [0, 0.05) is 43.4 Å². The van der Waals surface area contributed by atoms with Gasteiger partial charge in [-0.3, -0.25) is 14.6 Å². The van der Waals surface area contributed by atoms with E-state index in [1.807, 2.05) is 6.07 Å². The van der Waals surface area contributed by atoms with Crippen molar-refractivity contribution in [3.63, 3.8) is 0 Å². The molecule has 2 aromatic rings. The largest absolute Gasteiger partial charge is 0.480 e. The van der Waals surface area contributed by atoms with E-state index >= 15 is 0 Å². The second-order valence-electron chi connectivity index (χ2n) is 5.65. The van der Waals surface area contributed by atoms with Gasteiger partial charge in [-0.15, -0.1) is 11.3 Å². The summed E-state index contributed by atoms with van der Waals surface area (Å²) in [6.07, 6.45) is 3.35. The highest BCUT2D eigenvalue weighted by atomic mass is 32.1. The number of nitrogens with zero attached hydrogens (tertiary/aromatic N) is 3. The Morgan fingerprint density at radius 2 is 2.15 bits per heavy atom. The first kappa shape index (κ1) is 19.5. The van der Waals surface area contributed by atoms with Crippen LogP contribution in [0.3, 0.4) is 0 Å². The number of nitrogens with one attached hydrogen (secondary N) is 1. The summed E-state index contributed by atoms with van der Waals surface area (Å²) in [6.45, 7) is 3.11. The fraction of sp³-hybridized carbons (Fsp3) is 0.353. The Kier molecular flexibility index (Phi) is 6.79. The van der Waals surface area contributed by atoms with E-state index in [-0.39, 0.29) is 31.3 Å². The molecule has 26 heavy (non-hydrogen) atoms. The molecule has 2 amide bonds. The van der Waals surface area contributed by atoms with E-state index < -0.39 is 12.0 Å². The average Bonchev–Trinajstić information content (AvgIpc) is 3.07. The van der Waals surface area contributed by atoms with Gasteiger partial charge in [-0.05, 0) is 19.1 Å². The Morgan fingerprint density at radius 3 is 2.77 bits per heavy atom. The van der Waals surface area contributed by atoms with Gasteiger partial charge in [0.2, 0.25) is 11.8 Å². The first-order valence-corrected chi connectivity index (χ1v) is 8.88. The number of thiazole rings is 1. The molecule has 9 heteroatoms. The number of amides is 2. The molecular weight excluding hydrogens is 356 g/mol. The van der Waals surface area contributed by atoms with E-state index in [1.54, 1.807) is 23.8 Å². The quantitative estimate of drug-likeness (QED) is 0.715. The van der Waals surface area contributed by atoms with Gasteiger partial charge < -0.3 is 15.3 Å². The number of pyridine rings is 1. The molecule has 138 valence electrons. The number of carboxylic acids is 1. The lowest BCUT2D eigenvalue weighted by molar-refractivity contribution is -0.149. The van der Waals surface area contributed by atoms with Crippen LogP contribution in [0.2, 0.25) is 0 Å². The van der Waals surface area contributed by atoms with Gasteiger partial charge in [0.15, 0.2) is 0 Å². The third kappa shape index (κ3) is 5.35. The van der Waals surface area contributed by atoms with Crippen LogP contribution in [0.4, 0.5) is 0 Å². The number of rotatable bonds is 8. The SMILES string of the molecule is CC(=O)NCCN(C(=O)Cc1csc(-c2cccnc2)n1)C(C)C(=O)O. The monoisotopic (exact) mass is 376 g/mol. The molecule has 1 unspecified atom stereocenters. The number of hydrogen-bond donors (Lipinski definition) is 2. The van der Waals surface area contributed by atoms with Crippen molar-refractivity contribution in [3.05, 3.63) is 35.6 Å². The Labute approximate surface area is 154 Å². The summed E-state index contributed by atoms with van der Waals surface area (Å²) in [6, 6.07) is 2.69. The van der Waals surface area contributed by atoms with Crippen LogP contribution in [-0.4, -0.2) is 56.9 Å². The minimum atomic E-state index is -1.10. The van der Waals surface area contributed by atoms with Crippen LogP contribution < -0.4 is 5.32 Å². The Bertz CT molecular complexity index is 778. The average molecular weight is 376 g/mol. The summed E-state index contributed by atoms with van der Waals surface area (Å²) in [7, 11) is 0. The zero-order valence-corrected chi connectivity index (χ0v) is 15.3. The topological polar surface area (TPSA) is 112 Å². The Hall–Kier alpha value is -2.81. The van der Waals surface area contributed by atoms with Gasteiger partial charge >= 0.3 is 5.97 Å². The maximum atomic E-state index is 12.6. The molecule has 0 aliphatic heterocycles. The third-order valence-electron chi connectivity index (χ3n) is 3.66. The molecule has 2 heterocycles. The molecule has 0 aromatic carbocycles. The lowest BCUT2D eigenvalue weighted by Gasteiger charge is -2.26. The van der Waals surface area contributed by atoms with Crippen molar-refractivity contribution < 1.29 is 19.5 Å². The van der Waals surface area contributed by atoms with Crippen LogP contribution >= 0.6 is 11.3 Å². The fourth-order valence-electron chi connectivity index (χ4n) is 2.29. The van der Waals surface area contributed by atoms with Gasteiger partial charge in [0.05, 0.1) is 12.1 Å². The van der Waals surface area contributed by atoms with Crippen LogP contribution in [0, 0.1) is 0 Å². The van der Waals surface area contributed by atoms with E-state index in [4.69, 9.17) is 0 Å². The normalized spacial score (nSPS) is 11.6. The van der Waals surface area contributed by atoms with Crippen molar-refractivity contribution in [2.24, 2.45) is 0 Å². The zero-order chi connectivity index (χ0) is 19.1. The number of hydrogen-bond acceptors (Lipinski definition) is 6. The molecule has 0 saturated heterocycles. The third-order valence-corrected chi connectivity index (χ3v) is 4.60. The van der Waals surface area contributed by atoms with Gasteiger partial charge in [0.1, 0.15) is 11.0 Å². The number of aromatic nitrogens is 2. The molecule has 0 fully saturated rings. The van der Waals surface area contributed by atoms with E-state index in [0.29, 0.717) is 5.69 Å². The minimum absolute atomic E-state index is 0.00550. The van der Waals surface area contributed by atoms with Crippen molar-refractivity contribution in [3.8, 4) is 10.6 Å². The zero-order valence-electron chi connectivity index (χ0n) is 14.5. The molecule has 1 atom stereocenters. The van der Waals surface area contributed by atoms with E-state index in [2.05, 4.69) is 15.3 Å². The molecule has 0 radical (unpaired) electrons. The predicted molar refractivity (Wildman–Crippen MR) is 96.5 cm³/mol. The van der Waals surface area contributed by atoms with Crippen LogP contribution in [0.1, 0.15) is 19.5 Å². The smallest absolute Gasteiger partial charge is 0.326 e. The maximum absolute atomic E-state index is 12.6. The summed E-state index contributed by atoms with van der Waals surface area (Å²) < 4.78 is 0. The van der Waals surface area contributed by atoms with Crippen molar-refractivity contribution in [1.82, 2.24) is 20.2 Å². The first-order valence-electron chi connectivity index (χ1n) is 8.00. The summed E-state index contributed by atoms with van der Waals surface area (Å²) in [5.74, 6) is -1.69. The van der Waals surface area contributed by atoms with Crippen molar-refractivity contribution in [2.75, 3.05) is 13.1 Å². The molecule has 0 saturated carbocycles. The minimum Gasteiger partial charge on any atom is -0.480 e. The fourth-order valence-corrected chi connectivity index (χ4v) is 3.10. The van der Waals surface area contributed by atoms with Crippen LogP contribution in [-0.2, 0) is 20.8 Å². The maximum Gasteiger partial charge on any atom is 0.326 e. The highest BCUT2D eigenvalue weighted by molar-refractivity contribution is 7.13. The van der Waals surface area contributed by atoms with E-state index in [9.17, 15) is 19.5 Å². The van der Waals surface area contributed by atoms with Crippen molar-refractivity contribution in [1.29, 1.82) is 0 Å². The Balaban J connectivity index is 2.07. The van der Waals surface area contributed by atoms with Crippen molar-refractivity contribution >= 4 is 29.1 Å². The molecule has 0 aliphatic rings. The van der Waals surface area contributed by atoms with Gasteiger partial charge in [-0.1, -0.05) is 0 Å². The molecule has 8 nitrogen and oxygen atoms in total. The van der Waals surface area contributed by atoms with Gasteiger partial charge in [0.25, 0.3) is 0 Å². The molecule has 0 bridgehead atoms. The second-order valence-corrected chi connectivity index (χ2v) is 6.50. The lowest BCUT2D eigenvalue weighted by atomic mass is 10.2. The summed E-state index contributed by atoms with van der Waals surface area (Å²) in [4.78, 5) is 44.6. The molecule has 0 aliphatic carbocycles. The number of carboxylic acid groups (broad SMARTS) is 1. The number of carbonyl (C=O) groups is 3. The number of carbonyl (C=O) groups excluding carboxylic acids is 2. The summed E-state index contributed by atoms with van der Waals surface area (Å²) in [5, 5.41) is 14.3. The standard InChI is InChI=1S/C17H20N4O4S/c1-11(17(24)25)21(7-6-19-12(2)22)15(23)8-14-10-26-16(20-14)13-4-3-5-18-9-13/h3-5,9-11H,6-8H2,1-2H3,(H,19,22)(H,24,25).